The Morgan fingerprint density at radius 1 is 1.08 bits per heavy atom. The third-order valence-corrected chi connectivity index (χ3v) is 7.65. The van der Waals surface area contributed by atoms with E-state index in [4.69, 9.17) is 4.74 Å². The summed E-state index contributed by atoms with van der Waals surface area (Å²) in [5.41, 5.74) is 3.21. The molecule has 0 spiro atoms. The van der Waals surface area contributed by atoms with Gasteiger partial charge in [-0.1, -0.05) is 42.5 Å². The highest BCUT2D eigenvalue weighted by molar-refractivity contribution is 8.03. The summed E-state index contributed by atoms with van der Waals surface area (Å²) < 4.78 is 28.9. The molecule has 36 heavy (non-hydrogen) atoms. The van der Waals surface area contributed by atoms with Gasteiger partial charge in [0, 0.05) is 29.1 Å². The predicted octanol–water partition coefficient (Wildman–Crippen LogP) is 2.80. The Balaban J connectivity index is 1.50. The van der Waals surface area contributed by atoms with E-state index in [9.17, 15) is 18.4 Å². The molecule has 0 aromatic heterocycles. The average Bonchev–Trinajstić information content (AvgIpc) is 3.61. The second kappa shape index (κ2) is 12.3. The summed E-state index contributed by atoms with van der Waals surface area (Å²) in [7, 11) is 1.26. The Hall–Kier alpha value is -3.02. The number of ether oxygens (including phenoxy) is 1. The van der Waals surface area contributed by atoms with Crippen LogP contribution in [0.5, 0.6) is 0 Å². The molecule has 1 heterocycles. The number of nitrogens with one attached hydrogen (secondary N) is 4. The van der Waals surface area contributed by atoms with Gasteiger partial charge in [-0.25, -0.2) is 4.79 Å². The van der Waals surface area contributed by atoms with Crippen molar-refractivity contribution in [2.45, 2.75) is 43.1 Å². The molecule has 0 bridgehead atoms. The summed E-state index contributed by atoms with van der Waals surface area (Å²) in [6.45, 7) is 0. The van der Waals surface area contributed by atoms with Crippen molar-refractivity contribution in [1.82, 2.24) is 16.0 Å². The minimum Gasteiger partial charge on any atom is -0.755 e. The first-order valence-corrected chi connectivity index (χ1v) is 13.7. The SMILES string of the molecule is COC(=O)N[C@@H](Cc1ccccc1)C(=O)N[C@@H](Cc1ccc(NS(=O)[O-])cc1)C1=CSC(C2CC2)N1. The van der Waals surface area contributed by atoms with Crippen molar-refractivity contribution in [3.63, 3.8) is 0 Å². The molecule has 1 aliphatic heterocycles. The highest BCUT2D eigenvalue weighted by Crippen LogP contribution is 2.41. The number of carbonyl (C=O) groups is 2. The number of thioether (sulfide) groups is 1. The summed E-state index contributed by atoms with van der Waals surface area (Å²) >= 11 is -0.669. The predicted molar refractivity (Wildman–Crippen MR) is 139 cm³/mol. The molecule has 2 unspecified atom stereocenters. The first-order valence-electron chi connectivity index (χ1n) is 11.7. The lowest BCUT2D eigenvalue weighted by atomic mass is 10.0. The highest BCUT2D eigenvalue weighted by atomic mass is 32.2. The van der Waals surface area contributed by atoms with Gasteiger partial charge in [0.2, 0.25) is 5.91 Å². The Kier molecular flexibility index (Phi) is 8.89. The van der Waals surface area contributed by atoms with E-state index in [2.05, 4.69) is 26.1 Å². The largest absolute Gasteiger partial charge is 0.755 e. The zero-order valence-electron chi connectivity index (χ0n) is 19.8. The van der Waals surface area contributed by atoms with Gasteiger partial charge >= 0.3 is 6.09 Å². The van der Waals surface area contributed by atoms with Gasteiger partial charge < -0.3 is 30.0 Å². The monoisotopic (exact) mass is 529 g/mol. The standard InChI is InChI=1S/C25H30N4O5S2/c1-34-25(31)28-21(14-16-5-3-2-4-6-16)23(30)26-20(22-15-35-24(27-22)18-9-10-18)13-17-7-11-19(12-8-17)29-36(32)33/h2-8,11-12,15,18,20-21,24,27,29H,9-10,13-14H2,1H3,(H,26,30)(H,28,31)(H,32,33)/p-1/t20-,21-,24?/m0/s1. The number of methoxy groups -OCH3 is 1. The van der Waals surface area contributed by atoms with Crippen LogP contribution in [0.15, 0.2) is 65.7 Å². The van der Waals surface area contributed by atoms with Crippen LogP contribution in [0.25, 0.3) is 0 Å². The smallest absolute Gasteiger partial charge is 0.407 e. The van der Waals surface area contributed by atoms with Crippen molar-refractivity contribution >= 4 is 40.7 Å². The van der Waals surface area contributed by atoms with E-state index in [1.165, 1.54) is 20.0 Å². The third-order valence-electron chi connectivity index (χ3n) is 6.06. The van der Waals surface area contributed by atoms with E-state index < -0.39 is 23.4 Å². The highest BCUT2D eigenvalue weighted by Gasteiger charge is 2.36. The number of hydrogen-bond acceptors (Lipinski definition) is 7. The molecule has 9 nitrogen and oxygen atoms in total. The van der Waals surface area contributed by atoms with Gasteiger partial charge in [0.25, 0.3) is 0 Å². The van der Waals surface area contributed by atoms with E-state index in [1.54, 1.807) is 23.9 Å². The van der Waals surface area contributed by atoms with Gasteiger partial charge in [-0.05, 0) is 53.8 Å². The summed E-state index contributed by atoms with van der Waals surface area (Å²) in [6, 6.07) is 15.3. The molecular weight excluding hydrogens is 500 g/mol. The van der Waals surface area contributed by atoms with Crippen molar-refractivity contribution < 1.29 is 23.1 Å². The second-order valence-corrected chi connectivity index (χ2v) is 10.5. The van der Waals surface area contributed by atoms with Crippen LogP contribution in [0, 0.1) is 5.92 Å². The molecule has 11 heteroatoms. The molecule has 1 aliphatic carbocycles. The molecule has 2 aromatic carbocycles. The van der Waals surface area contributed by atoms with Crippen LogP contribution in [0.1, 0.15) is 24.0 Å². The minimum atomic E-state index is -2.40. The quantitative estimate of drug-likeness (QED) is 0.329. The molecule has 2 amide bonds. The lowest BCUT2D eigenvalue weighted by Crippen LogP contribution is -2.52. The maximum Gasteiger partial charge on any atom is 0.407 e. The van der Waals surface area contributed by atoms with Crippen molar-refractivity contribution in [2.75, 3.05) is 11.8 Å². The van der Waals surface area contributed by atoms with Crippen molar-refractivity contribution in [3.8, 4) is 0 Å². The van der Waals surface area contributed by atoms with Gasteiger partial charge in [0.1, 0.15) is 6.04 Å². The van der Waals surface area contributed by atoms with E-state index in [0.717, 1.165) is 16.8 Å². The molecule has 2 aliphatic rings. The number of benzene rings is 2. The first-order chi connectivity index (χ1) is 17.4. The van der Waals surface area contributed by atoms with Crippen LogP contribution >= 0.6 is 11.8 Å². The van der Waals surface area contributed by atoms with Gasteiger partial charge in [0.05, 0.1) is 18.5 Å². The van der Waals surface area contributed by atoms with Crippen LogP contribution < -0.4 is 20.7 Å². The lowest BCUT2D eigenvalue weighted by molar-refractivity contribution is -0.123. The van der Waals surface area contributed by atoms with Crippen LogP contribution in [-0.4, -0.2) is 45.3 Å². The summed E-state index contributed by atoms with van der Waals surface area (Å²) in [4.78, 5) is 25.4. The zero-order valence-corrected chi connectivity index (χ0v) is 21.4. The average molecular weight is 530 g/mol. The van der Waals surface area contributed by atoms with Gasteiger partial charge in [-0.15, -0.1) is 11.8 Å². The number of rotatable bonds is 11. The van der Waals surface area contributed by atoms with Crippen molar-refractivity contribution in [1.29, 1.82) is 0 Å². The molecule has 0 saturated heterocycles. The summed E-state index contributed by atoms with van der Waals surface area (Å²) in [5, 5.41) is 11.7. The summed E-state index contributed by atoms with van der Waals surface area (Å²) in [6.07, 6.45) is 2.51. The fraction of sp³-hybridized carbons (Fsp3) is 0.360. The Morgan fingerprint density at radius 3 is 2.42 bits per heavy atom. The normalized spacial score (nSPS) is 19.3. The molecule has 4 atom stereocenters. The van der Waals surface area contributed by atoms with Crippen molar-refractivity contribution in [3.05, 3.63) is 76.8 Å². The van der Waals surface area contributed by atoms with Gasteiger partial charge in [0.15, 0.2) is 0 Å². The Morgan fingerprint density at radius 2 is 1.78 bits per heavy atom. The Bertz CT molecular complexity index is 1110. The molecule has 1 saturated carbocycles. The van der Waals surface area contributed by atoms with Crippen LogP contribution in [0.4, 0.5) is 10.5 Å². The second-order valence-electron chi connectivity index (χ2n) is 8.79. The lowest BCUT2D eigenvalue weighted by Gasteiger charge is -2.25. The molecule has 1 fully saturated rings. The van der Waals surface area contributed by atoms with Crippen LogP contribution in [0.3, 0.4) is 0 Å². The molecule has 4 rings (SSSR count). The fourth-order valence-electron chi connectivity index (χ4n) is 4.00. The number of hydrogen-bond donors (Lipinski definition) is 4. The molecule has 4 N–H and O–H groups in total. The molecule has 2 aromatic rings. The van der Waals surface area contributed by atoms with E-state index in [-0.39, 0.29) is 11.9 Å². The maximum atomic E-state index is 13.4. The van der Waals surface area contributed by atoms with Gasteiger partial charge in [-0.2, -0.15) is 0 Å². The third kappa shape index (κ3) is 7.49. The van der Waals surface area contributed by atoms with Crippen LogP contribution in [0.2, 0.25) is 0 Å². The summed E-state index contributed by atoms with van der Waals surface area (Å²) in [5.74, 6) is 0.308. The van der Waals surface area contributed by atoms with Gasteiger partial charge in [-0.3, -0.25) is 9.00 Å². The number of amides is 2. The zero-order chi connectivity index (χ0) is 25.5. The fourth-order valence-corrected chi connectivity index (χ4v) is 5.55. The van der Waals surface area contributed by atoms with E-state index in [0.29, 0.717) is 29.8 Å². The molecular formula is C25H29N4O5S2-. The topological polar surface area (TPSA) is 132 Å². The van der Waals surface area contributed by atoms with Crippen molar-refractivity contribution in [2.24, 2.45) is 5.92 Å². The number of carbonyl (C=O) groups excluding carboxylic acids is 2. The minimum absolute atomic E-state index is 0.298. The molecule has 0 radical (unpaired) electrons. The van der Waals surface area contributed by atoms with Crippen LogP contribution in [-0.2, 0) is 33.6 Å². The number of alkyl carbamates (subject to hydrolysis) is 1. The molecule has 192 valence electrons. The number of anilines is 1. The first kappa shape index (κ1) is 26.1. The maximum absolute atomic E-state index is 13.4. The van der Waals surface area contributed by atoms with E-state index >= 15 is 0 Å². The van der Waals surface area contributed by atoms with E-state index in [1.807, 2.05) is 42.5 Å². The Labute approximate surface area is 217 Å².